The van der Waals surface area contributed by atoms with Gasteiger partial charge in [-0.25, -0.2) is 0 Å². The Kier molecular flexibility index (Phi) is 9.08. The monoisotopic (exact) mass is 322 g/mol. The molecule has 0 aromatic rings. The van der Waals surface area contributed by atoms with Crippen LogP contribution in [0.15, 0.2) is 0 Å². The summed E-state index contributed by atoms with van der Waals surface area (Å²) in [5.41, 5.74) is 5.37. The molecule has 0 saturated carbocycles. The molecule has 0 aliphatic heterocycles. The van der Waals surface area contributed by atoms with E-state index in [0.29, 0.717) is 0 Å². The van der Waals surface area contributed by atoms with Gasteiger partial charge in [-0.1, -0.05) is 0 Å². The molecule has 7 N–H and O–H groups in total. The minimum Gasteiger partial charge on any atom is -0.480 e. The molecule has 3 amide bonds. The van der Waals surface area contributed by atoms with Gasteiger partial charge in [-0.05, 0) is 0 Å². The SMILES string of the molecule is NC(CS)C(=O)NCC(=O)NC(CO)C(=O)NCC(=O)O. The summed E-state index contributed by atoms with van der Waals surface area (Å²) in [6.45, 7) is -1.80. The van der Waals surface area contributed by atoms with E-state index in [9.17, 15) is 19.2 Å². The Morgan fingerprint density at radius 3 is 2.14 bits per heavy atom. The van der Waals surface area contributed by atoms with Crippen molar-refractivity contribution in [3.05, 3.63) is 0 Å². The predicted octanol–water partition coefficient (Wildman–Crippen LogP) is -3.96. The van der Waals surface area contributed by atoms with E-state index < -0.39 is 55.5 Å². The maximum Gasteiger partial charge on any atom is 0.322 e. The van der Waals surface area contributed by atoms with Crippen LogP contribution in [0, 0.1) is 0 Å². The number of rotatable bonds is 9. The standard InChI is InChI=1S/C10H18N4O6S/c11-5(4-21)9(19)12-1-7(16)14-6(3-15)10(20)13-2-8(17)18/h5-6,15,21H,1-4,11H2,(H,12,19)(H,13,20)(H,14,16)(H,17,18). The Bertz CT molecular complexity index is 405. The number of amides is 3. The fraction of sp³-hybridized carbons (Fsp3) is 0.600. The highest BCUT2D eigenvalue weighted by atomic mass is 32.1. The van der Waals surface area contributed by atoms with Crippen LogP contribution in [-0.2, 0) is 19.2 Å². The number of aliphatic hydroxyl groups is 1. The molecule has 0 aliphatic carbocycles. The van der Waals surface area contributed by atoms with Crippen LogP contribution >= 0.6 is 12.6 Å². The highest BCUT2D eigenvalue weighted by Crippen LogP contribution is 1.85. The molecular formula is C10H18N4O6S. The van der Waals surface area contributed by atoms with Gasteiger partial charge in [0, 0.05) is 5.75 Å². The second-order valence-electron chi connectivity index (χ2n) is 3.92. The van der Waals surface area contributed by atoms with Crippen LogP contribution in [0.5, 0.6) is 0 Å². The lowest BCUT2D eigenvalue weighted by atomic mass is 10.2. The van der Waals surface area contributed by atoms with Crippen molar-refractivity contribution in [3.63, 3.8) is 0 Å². The molecule has 10 nitrogen and oxygen atoms in total. The molecule has 0 bridgehead atoms. The number of carbonyl (C=O) groups excluding carboxylic acids is 3. The van der Waals surface area contributed by atoms with Crippen molar-refractivity contribution in [2.45, 2.75) is 12.1 Å². The number of nitrogens with two attached hydrogens (primary N) is 1. The van der Waals surface area contributed by atoms with E-state index in [-0.39, 0.29) is 5.75 Å². The molecule has 2 unspecified atom stereocenters. The van der Waals surface area contributed by atoms with Crippen molar-refractivity contribution in [3.8, 4) is 0 Å². The second-order valence-corrected chi connectivity index (χ2v) is 4.29. The molecule has 2 atom stereocenters. The maximum atomic E-state index is 11.5. The molecule has 0 aromatic carbocycles. The minimum absolute atomic E-state index is 0.101. The predicted molar refractivity (Wildman–Crippen MR) is 74.5 cm³/mol. The average Bonchev–Trinajstić information content (AvgIpc) is 2.46. The number of nitrogens with one attached hydrogen (secondary N) is 3. The Hall–Kier alpha value is -1.85. The molecule has 0 saturated heterocycles. The number of hydrogen-bond donors (Lipinski definition) is 7. The van der Waals surface area contributed by atoms with Crippen LogP contribution in [0.1, 0.15) is 0 Å². The van der Waals surface area contributed by atoms with Gasteiger partial charge in [0.1, 0.15) is 12.6 Å². The van der Waals surface area contributed by atoms with Crippen LogP contribution in [0.4, 0.5) is 0 Å². The zero-order valence-electron chi connectivity index (χ0n) is 11.0. The molecule has 0 aliphatic rings. The van der Waals surface area contributed by atoms with E-state index in [1.165, 1.54) is 0 Å². The summed E-state index contributed by atoms with van der Waals surface area (Å²) in [4.78, 5) is 44.5. The third-order valence-electron chi connectivity index (χ3n) is 2.20. The lowest BCUT2D eigenvalue weighted by molar-refractivity contribution is -0.138. The van der Waals surface area contributed by atoms with Gasteiger partial charge in [-0.2, -0.15) is 12.6 Å². The topological polar surface area (TPSA) is 171 Å². The summed E-state index contributed by atoms with van der Waals surface area (Å²) in [6, 6.07) is -2.18. The van der Waals surface area contributed by atoms with E-state index in [0.717, 1.165) is 0 Å². The van der Waals surface area contributed by atoms with E-state index >= 15 is 0 Å². The van der Waals surface area contributed by atoms with E-state index in [1.54, 1.807) is 0 Å². The van der Waals surface area contributed by atoms with Crippen LogP contribution < -0.4 is 21.7 Å². The summed E-state index contributed by atoms with van der Waals surface area (Å²) in [5, 5.41) is 23.7. The number of carbonyl (C=O) groups is 4. The molecule has 0 radical (unpaired) electrons. The zero-order chi connectivity index (χ0) is 16.4. The van der Waals surface area contributed by atoms with Crippen LogP contribution in [-0.4, -0.2) is 71.4 Å². The molecule has 11 heteroatoms. The fourth-order valence-electron chi connectivity index (χ4n) is 1.11. The van der Waals surface area contributed by atoms with Gasteiger partial charge in [0.05, 0.1) is 19.2 Å². The summed E-state index contributed by atoms with van der Waals surface area (Å²) >= 11 is 3.82. The van der Waals surface area contributed by atoms with Gasteiger partial charge in [0.2, 0.25) is 17.7 Å². The lowest BCUT2D eigenvalue weighted by Gasteiger charge is -2.16. The van der Waals surface area contributed by atoms with E-state index in [1.807, 2.05) is 5.32 Å². The summed E-state index contributed by atoms with van der Waals surface area (Å²) in [5.74, 6) is -3.34. The molecule has 21 heavy (non-hydrogen) atoms. The van der Waals surface area contributed by atoms with Crippen LogP contribution in [0.25, 0.3) is 0 Å². The smallest absolute Gasteiger partial charge is 0.322 e. The van der Waals surface area contributed by atoms with Crippen molar-refractivity contribution in [1.29, 1.82) is 0 Å². The highest BCUT2D eigenvalue weighted by Gasteiger charge is 2.21. The first-order valence-corrected chi connectivity index (χ1v) is 6.49. The minimum atomic E-state index is -1.31. The number of thiol groups is 1. The Morgan fingerprint density at radius 1 is 1.10 bits per heavy atom. The third-order valence-corrected chi connectivity index (χ3v) is 2.60. The first-order valence-electron chi connectivity index (χ1n) is 5.85. The van der Waals surface area contributed by atoms with Crippen LogP contribution in [0.3, 0.4) is 0 Å². The molecule has 0 spiro atoms. The summed E-state index contributed by atoms with van der Waals surface area (Å²) < 4.78 is 0. The third kappa shape index (κ3) is 8.12. The number of carboxylic acids is 1. The molecule has 120 valence electrons. The van der Waals surface area contributed by atoms with Crippen molar-refractivity contribution < 1.29 is 29.4 Å². The second kappa shape index (κ2) is 9.96. The Labute approximate surface area is 125 Å². The zero-order valence-corrected chi connectivity index (χ0v) is 11.9. The number of carboxylic acid groups (broad SMARTS) is 1. The molecular weight excluding hydrogens is 304 g/mol. The number of aliphatic hydroxyl groups excluding tert-OH is 1. The number of aliphatic carboxylic acids is 1. The first kappa shape index (κ1) is 19.1. The Morgan fingerprint density at radius 2 is 1.67 bits per heavy atom. The van der Waals surface area contributed by atoms with E-state index in [4.69, 9.17) is 15.9 Å². The Balaban J connectivity index is 4.23. The first-order chi connectivity index (χ1) is 9.81. The molecule has 0 aromatic heterocycles. The van der Waals surface area contributed by atoms with Gasteiger partial charge in [0.15, 0.2) is 0 Å². The normalized spacial score (nSPS) is 12.9. The summed E-state index contributed by atoms with van der Waals surface area (Å²) in [6.07, 6.45) is 0. The summed E-state index contributed by atoms with van der Waals surface area (Å²) in [7, 11) is 0. The van der Waals surface area contributed by atoms with Crippen molar-refractivity contribution in [1.82, 2.24) is 16.0 Å². The largest absolute Gasteiger partial charge is 0.480 e. The molecule has 0 rings (SSSR count). The van der Waals surface area contributed by atoms with Crippen molar-refractivity contribution >= 4 is 36.3 Å². The van der Waals surface area contributed by atoms with Gasteiger partial charge in [-0.15, -0.1) is 0 Å². The van der Waals surface area contributed by atoms with Gasteiger partial charge in [-0.3, -0.25) is 19.2 Å². The molecule has 0 heterocycles. The molecule has 0 fully saturated rings. The fourth-order valence-corrected chi connectivity index (χ4v) is 1.27. The highest BCUT2D eigenvalue weighted by molar-refractivity contribution is 7.80. The van der Waals surface area contributed by atoms with E-state index in [2.05, 4.69) is 23.3 Å². The van der Waals surface area contributed by atoms with Crippen LogP contribution in [0.2, 0.25) is 0 Å². The van der Waals surface area contributed by atoms with Gasteiger partial charge >= 0.3 is 5.97 Å². The quantitative estimate of drug-likeness (QED) is 0.212. The van der Waals surface area contributed by atoms with Crippen molar-refractivity contribution in [2.75, 3.05) is 25.4 Å². The average molecular weight is 322 g/mol. The number of hydrogen-bond acceptors (Lipinski definition) is 7. The van der Waals surface area contributed by atoms with Crippen molar-refractivity contribution in [2.24, 2.45) is 5.73 Å². The maximum absolute atomic E-state index is 11.5. The van der Waals surface area contributed by atoms with Gasteiger partial charge < -0.3 is 31.9 Å². The lowest BCUT2D eigenvalue weighted by Crippen LogP contribution is -2.53. The van der Waals surface area contributed by atoms with Gasteiger partial charge in [0.25, 0.3) is 0 Å².